The van der Waals surface area contributed by atoms with Crippen molar-refractivity contribution in [2.24, 2.45) is 28.8 Å². The first-order valence-electron chi connectivity index (χ1n) is 10.4. The maximum atomic E-state index is 13.0. The van der Waals surface area contributed by atoms with Crippen LogP contribution in [-0.4, -0.2) is 22.7 Å². The van der Waals surface area contributed by atoms with Gasteiger partial charge in [0.1, 0.15) is 5.82 Å². The molecule has 2 aliphatic rings. The van der Waals surface area contributed by atoms with Crippen LogP contribution in [0, 0.1) is 29.5 Å². The van der Waals surface area contributed by atoms with Gasteiger partial charge in [-0.2, -0.15) is 5.10 Å². The largest absolute Gasteiger partial charge is 0.481 e. The summed E-state index contributed by atoms with van der Waals surface area (Å²) in [4.78, 5) is 22.8. The van der Waals surface area contributed by atoms with Crippen molar-refractivity contribution in [2.45, 2.75) is 51.9 Å². The molecule has 1 aromatic carbocycles. The highest BCUT2D eigenvalue weighted by atomic mass is 19.1. The van der Waals surface area contributed by atoms with E-state index in [1.165, 1.54) is 43.5 Å². The van der Waals surface area contributed by atoms with E-state index in [0.717, 1.165) is 18.6 Å². The molecular formula is C23H29FN2O3. The summed E-state index contributed by atoms with van der Waals surface area (Å²) in [5, 5.41) is 13.1. The molecule has 3 rings (SSSR count). The fourth-order valence-corrected chi connectivity index (χ4v) is 5.02. The van der Waals surface area contributed by atoms with Gasteiger partial charge in [-0.15, -0.1) is 0 Å². The number of aliphatic carboxylic acids is 1. The highest BCUT2D eigenvalue weighted by molar-refractivity contribution is 5.95. The summed E-state index contributed by atoms with van der Waals surface area (Å²) in [6.07, 6.45) is 10.6. The number of fused-ring (bicyclic) bond motifs is 2. The molecule has 0 radical (unpaired) electrons. The van der Waals surface area contributed by atoms with Gasteiger partial charge in [-0.3, -0.25) is 9.59 Å². The molecule has 2 saturated carbocycles. The molecular weight excluding hydrogens is 371 g/mol. The van der Waals surface area contributed by atoms with Crippen molar-refractivity contribution >= 4 is 17.6 Å². The van der Waals surface area contributed by atoms with Crippen LogP contribution >= 0.6 is 0 Å². The van der Waals surface area contributed by atoms with Crippen molar-refractivity contribution < 1.29 is 19.1 Å². The fourth-order valence-electron chi connectivity index (χ4n) is 5.02. The first-order chi connectivity index (χ1) is 14.0. The lowest BCUT2D eigenvalue weighted by molar-refractivity contribution is -0.137. The predicted molar refractivity (Wildman–Crippen MR) is 110 cm³/mol. The van der Waals surface area contributed by atoms with Crippen LogP contribution in [0.25, 0.3) is 0 Å². The number of hydrogen-bond donors (Lipinski definition) is 2. The summed E-state index contributed by atoms with van der Waals surface area (Å²) in [6, 6.07) is 5.43. The second kappa shape index (κ2) is 9.81. The van der Waals surface area contributed by atoms with Gasteiger partial charge in [0.05, 0.1) is 0 Å². The first kappa shape index (κ1) is 21.2. The van der Waals surface area contributed by atoms with Crippen LogP contribution < -0.4 is 5.43 Å². The summed E-state index contributed by atoms with van der Waals surface area (Å²) in [7, 11) is 0. The van der Waals surface area contributed by atoms with Crippen LogP contribution in [-0.2, 0) is 4.79 Å². The lowest BCUT2D eigenvalue weighted by Gasteiger charge is -2.30. The highest BCUT2D eigenvalue weighted by Gasteiger charge is 2.47. The minimum absolute atomic E-state index is 0.209. The fraction of sp³-hybridized carbons (Fsp3) is 0.522. The van der Waals surface area contributed by atoms with Crippen molar-refractivity contribution in [3.8, 4) is 0 Å². The van der Waals surface area contributed by atoms with E-state index in [2.05, 4.69) is 22.7 Å². The molecule has 4 atom stereocenters. The van der Waals surface area contributed by atoms with Gasteiger partial charge in [-0.05, 0) is 87.5 Å². The minimum atomic E-state index is -0.749. The lowest BCUT2D eigenvalue weighted by Crippen LogP contribution is -2.30. The van der Waals surface area contributed by atoms with Gasteiger partial charge in [0.15, 0.2) is 0 Å². The number of allylic oxidation sites excluding steroid dienone is 2. The Kier molecular flexibility index (Phi) is 7.18. The van der Waals surface area contributed by atoms with Crippen molar-refractivity contribution in [1.29, 1.82) is 0 Å². The number of benzene rings is 1. The molecule has 5 nitrogen and oxygen atoms in total. The normalized spacial score (nSPS) is 26.2. The molecule has 156 valence electrons. The van der Waals surface area contributed by atoms with Crippen LogP contribution in [0.3, 0.4) is 0 Å². The second-order valence-corrected chi connectivity index (χ2v) is 8.22. The number of nitrogens with zero attached hydrogens (tertiary/aromatic N) is 1. The van der Waals surface area contributed by atoms with E-state index in [4.69, 9.17) is 5.11 Å². The molecule has 0 spiro atoms. The number of rotatable bonds is 9. The van der Waals surface area contributed by atoms with Gasteiger partial charge in [-0.25, -0.2) is 9.82 Å². The van der Waals surface area contributed by atoms with Crippen LogP contribution in [0.1, 0.15) is 62.2 Å². The van der Waals surface area contributed by atoms with Crippen molar-refractivity contribution in [3.63, 3.8) is 0 Å². The van der Waals surface area contributed by atoms with Crippen molar-refractivity contribution in [3.05, 3.63) is 47.8 Å². The number of unbranched alkanes of at least 4 members (excludes halogenated alkanes) is 1. The molecule has 2 bridgehead atoms. The lowest BCUT2D eigenvalue weighted by atomic mass is 9.75. The second-order valence-electron chi connectivity index (χ2n) is 8.22. The Morgan fingerprint density at radius 2 is 1.93 bits per heavy atom. The molecule has 0 aromatic heterocycles. The number of carboxylic acids is 1. The Bertz CT molecular complexity index is 788. The quantitative estimate of drug-likeness (QED) is 0.271. The van der Waals surface area contributed by atoms with E-state index >= 15 is 0 Å². The van der Waals surface area contributed by atoms with Gasteiger partial charge in [0.2, 0.25) is 0 Å². The summed E-state index contributed by atoms with van der Waals surface area (Å²) in [6.45, 7) is 1.99. The maximum absolute atomic E-state index is 13.0. The Labute approximate surface area is 171 Å². The van der Waals surface area contributed by atoms with Crippen LogP contribution in [0.4, 0.5) is 4.39 Å². The average Bonchev–Trinajstić information content (AvgIpc) is 3.30. The first-order valence-corrected chi connectivity index (χ1v) is 10.4. The third-order valence-corrected chi connectivity index (χ3v) is 6.35. The van der Waals surface area contributed by atoms with Crippen LogP contribution in [0.5, 0.6) is 0 Å². The van der Waals surface area contributed by atoms with E-state index in [1.807, 2.05) is 6.92 Å². The molecule has 0 aliphatic heterocycles. The Hall–Kier alpha value is -2.50. The third-order valence-electron chi connectivity index (χ3n) is 6.35. The molecule has 0 saturated heterocycles. The standard InChI is InChI=1S/C23H29FN2O3/c1-15(25-26-23(29)16-10-12-19(24)13-11-16)22-18-9-8-17(14-18)20(22)6-4-2-3-5-7-21(27)28/h2,4,10-13,17-18,20,22H,3,5-9,14H2,1H3,(H,26,29)(H,27,28)/b4-2-,25-15?. The molecule has 0 heterocycles. The number of amides is 1. The van der Waals surface area contributed by atoms with Gasteiger partial charge >= 0.3 is 5.97 Å². The SMILES string of the molecule is CC(=NNC(=O)c1ccc(F)cc1)C1C2CCC(C2)C1C/C=C\CCCC(=O)O. The summed E-state index contributed by atoms with van der Waals surface area (Å²) in [5.41, 5.74) is 3.96. The van der Waals surface area contributed by atoms with Crippen molar-refractivity contribution in [2.75, 3.05) is 0 Å². The predicted octanol–water partition coefficient (Wildman–Crippen LogP) is 4.79. The summed E-state index contributed by atoms with van der Waals surface area (Å²) in [5.74, 6) is 0.760. The number of hydrogen-bond acceptors (Lipinski definition) is 3. The number of halogens is 1. The maximum Gasteiger partial charge on any atom is 0.303 e. The van der Waals surface area contributed by atoms with E-state index in [0.29, 0.717) is 35.7 Å². The average molecular weight is 400 g/mol. The summed E-state index contributed by atoms with van der Waals surface area (Å²) < 4.78 is 13.0. The Morgan fingerprint density at radius 1 is 1.21 bits per heavy atom. The molecule has 2 aliphatic carbocycles. The molecule has 6 heteroatoms. The zero-order chi connectivity index (χ0) is 20.8. The van der Waals surface area contributed by atoms with Gasteiger partial charge in [0, 0.05) is 23.6 Å². The number of hydrazone groups is 1. The van der Waals surface area contributed by atoms with Gasteiger partial charge in [-0.1, -0.05) is 12.2 Å². The number of carboxylic acid groups (broad SMARTS) is 1. The van der Waals surface area contributed by atoms with E-state index in [9.17, 15) is 14.0 Å². The topological polar surface area (TPSA) is 78.8 Å². The molecule has 1 aromatic rings. The van der Waals surface area contributed by atoms with E-state index in [1.54, 1.807) is 0 Å². The Morgan fingerprint density at radius 3 is 2.66 bits per heavy atom. The molecule has 29 heavy (non-hydrogen) atoms. The third kappa shape index (κ3) is 5.52. The molecule has 2 N–H and O–H groups in total. The van der Waals surface area contributed by atoms with E-state index in [-0.39, 0.29) is 18.1 Å². The number of carbonyl (C=O) groups is 2. The van der Waals surface area contributed by atoms with E-state index < -0.39 is 5.97 Å². The minimum Gasteiger partial charge on any atom is -0.481 e. The Balaban J connectivity index is 1.57. The molecule has 2 fully saturated rings. The monoisotopic (exact) mass is 400 g/mol. The van der Waals surface area contributed by atoms with Crippen LogP contribution in [0.15, 0.2) is 41.5 Å². The van der Waals surface area contributed by atoms with Gasteiger partial charge in [0.25, 0.3) is 5.91 Å². The van der Waals surface area contributed by atoms with Crippen molar-refractivity contribution in [1.82, 2.24) is 5.43 Å². The number of carbonyl (C=O) groups excluding carboxylic acids is 1. The number of nitrogens with one attached hydrogen (secondary N) is 1. The molecule has 1 amide bonds. The van der Waals surface area contributed by atoms with Crippen LogP contribution in [0.2, 0.25) is 0 Å². The molecule has 4 unspecified atom stereocenters. The summed E-state index contributed by atoms with van der Waals surface area (Å²) >= 11 is 0. The highest BCUT2D eigenvalue weighted by Crippen LogP contribution is 2.54. The smallest absolute Gasteiger partial charge is 0.303 e. The zero-order valence-electron chi connectivity index (χ0n) is 16.8. The van der Waals surface area contributed by atoms with Gasteiger partial charge < -0.3 is 5.11 Å². The zero-order valence-corrected chi connectivity index (χ0v) is 16.8.